The van der Waals surface area contributed by atoms with Gasteiger partial charge in [-0.05, 0) is 30.2 Å². The first-order chi connectivity index (χ1) is 13.4. The Morgan fingerprint density at radius 3 is 2.68 bits per heavy atom. The van der Waals surface area contributed by atoms with Gasteiger partial charge in [0.2, 0.25) is 0 Å². The highest BCUT2D eigenvalue weighted by Crippen LogP contribution is 2.25. The number of nitrogens with zero attached hydrogens (tertiary/aromatic N) is 4. The van der Waals surface area contributed by atoms with Crippen LogP contribution in [-0.4, -0.2) is 29.8 Å². The van der Waals surface area contributed by atoms with Crippen LogP contribution >= 0.6 is 0 Å². The van der Waals surface area contributed by atoms with Gasteiger partial charge in [0.15, 0.2) is 0 Å². The van der Waals surface area contributed by atoms with Gasteiger partial charge in [0, 0.05) is 36.5 Å². The Morgan fingerprint density at radius 2 is 1.93 bits per heavy atom. The number of rotatable bonds is 4. The maximum atomic E-state index is 13.0. The Kier molecular flexibility index (Phi) is 4.11. The van der Waals surface area contributed by atoms with Crippen LogP contribution in [-0.2, 0) is 24.9 Å². The normalized spacial score (nSPS) is 11.4. The minimum absolute atomic E-state index is 0.209. The van der Waals surface area contributed by atoms with E-state index in [1.807, 2.05) is 42.9 Å². The summed E-state index contributed by atoms with van der Waals surface area (Å²) < 4.78 is 4.16. The van der Waals surface area contributed by atoms with Crippen molar-refractivity contribution < 1.29 is 9.90 Å². The molecule has 1 N–H and O–H groups in total. The highest BCUT2D eigenvalue weighted by Gasteiger charge is 2.17. The monoisotopic (exact) mass is 378 g/mol. The van der Waals surface area contributed by atoms with Crippen molar-refractivity contribution in [3.8, 4) is 0 Å². The fourth-order valence-electron chi connectivity index (χ4n) is 3.72. The van der Waals surface area contributed by atoms with E-state index in [0.29, 0.717) is 5.52 Å². The summed E-state index contributed by atoms with van der Waals surface area (Å²) in [6, 6.07) is 7.58. The second kappa shape index (κ2) is 6.49. The Morgan fingerprint density at radius 1 is 1.14 bits per heavy atom. The third-order valence-corrected chi connectivity index (χ3v) is 4.95. The first-order valence-electron chi connectivity index (χ1n) is 8.71. The molecule has 8 heteroatoms. The highest BCUT2D eigenvalue weighted by atomic mass is 16.4. The Labute approximate surface area is 158 Å². The van der Waals surface area contributed by atoms with Crippen molar-refractivity contribution >= 4 is 27.8 Å². The minimum atomic E-state index is -1.25. The Balaban J connectivity index is 2.01. The van der Waals surface area contributed by atoms with E-state index in [1.165, 1.54) is 17.0 Å². The number of aliphatic carboxylic acids is 1. The van der Waals surface area contributed by atoms with Gasteiger partial charge in [-0.2, -0.15) is 0 Å². The molecule has 0 spiro atoms. The zero-order valence-corrected chi connectivity index (χ0v) is 15.4. The molecular weight excluding hydrogens is 360 g/mol. The Bertz CT molecular complexity index is 1360. The molecule has 4 aromatic rings. The third-order valence-electron chi connectivity index (χ3n) is 4.95. The SMILES string of the molecule is Cc1cccc2c1c(Cn1c(=O)n(CC(=O)O)c(=O)c3cnccc31)cn2C. The number of hydrogen-bond donors (Lipinski definition) is 1. The lowest BCUT2D eigenvalue weighted by Gasteiger charge is -2.13. The first-order valence-corrected chi connectivity index (χ1v) is 8.71. The van der Waals surface area contributed by atoms with Gasteiger partial charge in [-0.3, -0.25) is 19.1 Å². The van der Waals surface area contributed by atoms with Crippen LogP contribution < -0.4 is 11.2 Å². The van der Waals surface area contributed by atoms with Crippen LogP contribution in [0.4, 0.5) is 0 Å². The summed E-state index contributed by atoms with van der Waals surface area (Å²) in [5.74, 6) is -1.25. The van der Waals surface area contributed by atoms with E-state index in [1.54, 1.807) is 6.07 Å². The summed E-state index contributed by atoms with van der Waals surface area (Å²) in [6.07, 6.45) is 4.82. The van der Waals surface area contributed by atoms with Gasteiger partial charge in [-0.15, -0.1) is 0 Å². The van der Waals surface area contributed by atoms with E-state index in [2.05, 4.69) is 4.98 Å². The second-order valence-corrected chi connectivity index (χ2v) is 6.78. The van der Waals surface area contributed by atoms with Gasteiger partial charge < -0.3 is 9.67 Å². The molecule has 1 aromatic carbocycles. The largest absolute Gasteiger partial charge is 0.480 e. The van der Waals surface area contributed by atoms with Crippen LogP contribution in [0.2, 0.25) is 0 Å². The van der Waals surface area contributed by atoms with Gasteiger partial charge >= 0.3 is 11.7 Å². The number of carbonyl (C=O) groups is 1. The van der Waals surface area contributed by atoms with Crippen LogP contribution in [0.3, 0.4) is 0 Å². The molecule has 0 saturated heterocycles. The van der Waals surface area contributed by atoms with E-state index in [4.69, 9.17) is 5.11 Å². The third kappa shape index (κ3) is 2.70. The highest BCUT2D eigenvalue weighted by molar-refractivity contribution is 5.87. The average molecular weight is 378 g/mol. The fourth-order valence-corrected chi connectivity index (χ4v) is 3.72. The van der Waals surface area contributed by atoms with Crippen molar-refractivity contribution in [2.75, 3.05) is 0 Å². The molecule has 0 amide bonds. The van der Waals surface area contributed by atoms with Crippen molar-refractivity contribution in [1.82, 2.24) is 18.7 Å². The molecule has 3 aromatic heterocycles. The summed E-state index contributed by atoms with van der Waals surface area (Å²) in [5.41, 5.74) is 2.14. The smallest absolute Gasteiger partial charge is 0.332 e. The van der Waals surface area contributed by atoms with Crippen LogP contribution in [0.5, 0.6) is 0 Å². The zero-order valence-electron chi connectivity index (χ0n) is 15.4. The summed E-state index contributed by atoms with van der Waals surface area (Å²) in [4.78, 5) is 40.7. The Hall–Kier alpha value is -3.68. The molecule has 0 aliphatic heterocycles. The van der Waals surface area contributed by atoms with Crippen molar-refractivity contribution in [3.63, 3.8) is 0 Å². The molecule has 4 rings (SSSR count). The predicted octanol–water partition coefficient (Wildman–Crippen LogP) is 1.49. The number of carboxylic acid groups (broad SMARTS) is 1. The summed E-state index contributed by atoms with van der Waals surface area (Å²) >= 11 is 0. The number of aryl methyl sites for hydroxylation is 2. The lowest BCUT2D eigenvalue weighted by atomic mass is 10.1. The number of benzene rings is 1. The van der Waals surface area contributed by atoms with E-state index in [-0.39, 0.29) is 11.9 Å². The van der Waals surface area contributed by atoms with E-state index >= 15 is 0 Å². The number of fused-ring (bicyclic) bond motifs is 2. The lowest BCUT2D eigenvalue weighted by molar-refractivity contribution is -0.137. The maximum absolute atomic E-state index is 13.0. The molecule has 0 atom stereocenters. The van der Waals surface area contributed by atoms with Gasteiger partial charge in [0.25, 0.3) is 5.56 Å². The molecule has 0 bridgehead atoms. The number of aromatic nitrogens is 4. The van der Waals surface area contributed by atoms with E-state index in [0.717, 1.165) is 26.6 Å². The lowest BCUT2D eigenvalue weighted by Crippen LogP contribution is -2.41. The molecule has 3 heterocycles. The molecule has 0 radical (unpaired) electrons. The molecule has 142 valence electrons. The van der Waals surface area contributed by atoms with Crippen LogP contribution in [0, 0.1) is 6.92 Å². The predicted molar refractivity (Wildman–Crippen MR) is 105 cm³/mol. The second-order valence-electron chi connectivity index (χ2n) is 6.78. The molecule has 0 fully saturated rings. The molecule has 0 unspecified atom stereocenters. The molecule has 0 aliphatic carbocycles. The van der Waals surface area contributed by atoms with E-state index in [9.17, 15) is 14.4 Å². The topological polar surface area (TPSA) is 99.1 Å². The van der Waals surface area contributed by atoms with Crippen molar-refractivity contribution in [2.24, 2.45) is 7.05 Å². The molecule has 28 heavy (non-hydrogen) atoms. The van der Waals surface area contributed by atoms with Gasteiger partial charge in [0.05, 0.1) is 17.4 Å². The van der Waals surface area contributed by atoms with Crippen LogP contribution in [0.15, 0.2) is 52.4 Å². The molecule has 8 nitrogen and oxygen atoms in total. The summed E-state index contributed by atoms with van der Waals surface area (Å²) in [6.45, 7) is 1.51. The quantitative estimate of drug-likeness (QED) is 0.580. The molecule has 0 aliphatic rings. The van der Waals surface area contributed by atoms with Crippen LogP contribution in [0.1, 0.15) is 11.1 Å². The zero-order chi connectivity index (χ0) is 20.0. The average Bonchev–Trinajstić information content (AvgIpc) is 2.99. The van der Waals surface area contributed by atoms with Gasteiger partial charge in [-0.1, -0.05) is 12.1 Å². The maximum Gasteiger partial charge on any atom is 0.332 e. The number of carboxylic acids is 1. The van der Waals surface area contributed by atoms with Gasteiger partial charge in [-0.25, -0.2) is 9.36 Å². The van der Waals surface area contributed by atoms with Crippen molar-refractivity contribution in [2.45, 2.75) is 20.0 Å². The van der Waals surface area contributed by atoms with Crippen molar-refractivity contribution in [1.29, 1.82) is 0 Å². The first kappa shape index (κ1) is 17.7. The summed E-state index contributed by atoms with van der Waals surface area (Å²) in [7, 11) is 1.93. The molecular formula is C20H18N4O4. The van der Waals surface area contributed by atoms with Crippen LogP contribution in [0.25, 0.3) is 21.8 Å². The summed E-state index contributed by atoms with van der Waals surface area (Å²) in [5, 5.41) is 10.4. The van der Waals surface area contributed by atoms with Gasteiger partial charge in [0.1, 0.15) is 6.54 Å². The molecule has 0 saturated carbocycles. The number of hydrogen-bond acceptors (Lipinski definition) is 4. The number of pyridine rings is 1. The minimum Gasteiger partial charge on any atom is -0.480 e. The van der Waals surface area contributed by atoms with E-state index < -0.39 is 23.8 Å². The standard InChI is InChI=1S/C20H18N4O4/c1-12-4-3-5-16-18(12)13(9-22(16)2)10-23-15-6-7-21-8-14(15)19(27)24(20(23)28)11-17(25)26/h3-9H,10-11H2,1-2H3,(H,25,26). The fraction of sp³-hybridized carbons (Fsp3) is 0.200. The van der Waals surface area contributed by atoms with Crippen molar-refractivity contribution in [3.05, 3.63) is 74.8 Å².